The number of anilines is 2. The summed E-state index contributed by atoms with van der Waals surface area (Å²) < 4.78 is 31.6. The third-order valence-electron chi connectivity index (χ3n) is 6.38. The quantitative estimate of drug-likeness (QED) is 0.282. The van der Waals surface area contributed by atoms with Gasteiger partial charge in [-0.05, 0) is 18.2 Å². The van der Waals surface area contributed by atoms with Gasteiger partial charge in [-0.1, -0.05) is 0 Å². The van der Waals surface area contributed by atoms with Gasteiger partial charge in [0.25, 0.3) is 5.69 Å². The van der Waals surface area contributed by atoms with E-state index in [1.54, 1.807) is 17.4 Å². The summed E-state index contributed by atoms with van der Waals surface area (Å²) in [4.78, 5) is 26.0. The molecule has 5 rings (SSSR count). The van der Waals surface area contributed by atoms with Gasteiger partial charge in [-0.2, -0.15) is 4.31 Å². The Balaban J connectivity index is 1.49. The second-order valence-corrected chi connectivity index (χ2v) is 12.0. The van der Waals surface area contributed by atoms with Crippen LogP contribution in [0.4, 0.5) is 17.2 Å². The number of nitro benzene ring substituents is 1. The highest BCUT2D eigenvalue weighted by atomic mass is 32.2. The molecule has 0 atom stereocenters. The fraction of sp³-hybridized carbons (Fsp3) is 0.455. The number of ether oxygens (including phenoxy) is 1. The number of morpholine rings is 1. The lowest BCUT2D eigenvalue weighted by Crippen LogP contribution is -2.47. The molecule has 0 radical (unpaired) electrons. The molecular formula is C22H27N7O5S2. The van der Waals surface area contributed by atoms with Gasteiger partial charge in [-0.15, -0.1) is 11.3 Å². The van der Waals surface area contributed by atoms with Crippen molar-refractivity contribution in [1.29, 1.82) is 0 Å². The molecule has 2 saturated heterocycles. The number of thiophene rings is 1. The van der Waals surface area contributed by atoms with E-state index < -0.39 is 14.9 Å². The van der Waals surface area contributed by atoms with E-state index in [9.17, 15) is 18.5 Å². The Labute approximate surface area is 212 Å². The van der Waals surface area contributed by atoms with Crippen molar-refractivity contribution in [3.8, 4) is 11.4 Å². The molecule has 3 aromatic rings. The molecule has 0 bridgehead atoms. The predicted molar refractivity (Wildman–Crippen MR) is 139 cm³/mol. The first-order valence-corrected chi connectivity index (χ1v) is 14.2. The summed E-state index contributed by atoms with van der Waals surface area (Å²) in [6.07, 6.45) is 1.24. The topological polar surface area (TPSA) is 148 Å². The fourth-order valence-corrected chi connectivity index (χ4v) is 6.42. The molecule has 0 spiro atoms. The number of nitrogens with zero attached hydrogens (tertiary/aromatic N) is 6. The first-order chi connectivity index (χ1) is 17.2. The number of nitrogen functional groups attached to an aromatic ring is 1. The zero-order valence-corrected chi connectivity index (χ0v) is 21.4. The van der Waals surface area contributed by atoms with E-state index in [1.165, 1.54) is 22.7 Å². The predicted octanol–water partition coefficient (Wildman–Crippen LogP) is 1.76. The van der Waals surface area contributed by atoms with E-state index in [2.05, 4.69) is 9.80 Å². The Morgan fingerprint density at radius 1 is 1.11 bits per heavy atom. The Hall–Kier alpha value is -2.91. The number of hydrogen-bond donors (Lipinski definition) is 1. The number of rotatable bonds is 6. The second-order valence-electron chi connectivity index (χ2n) is 8.87. The van der Waals surface area contributed by atoms with E-state index >= 15 is 0 Å². The first-order valence-electron chi connectivity index (χ1n) is 11.5. The molecule has 0 aliphatic carbocycles. The lowest BCUT2D eigenvalue weighted by Gasteiger charge is -2.32. The normalized spacial score (nSPS) is 18.1. The van der Waals surface area contributed by atoms with Crippen molar-refractivity contribution in [3.63, 3.8) is 0 Å². The highest BCUT2D eigenvalue weighted by Crippen LogP contribution is 2.36. The van der Waals surface area contributed by atoms with Crippen LogP contribution in [-0.2, 0) is 21.3 Å². The molecule has 0 unspecified atom stereocenters. The molecular weight excluding hydrogens is 506 g/mol. The minimum absolute atomic E-state index is 0.0898. The summed E-state index contributed by atoms with van der Waals surface area (Å²) in [5.41, 5.74) is 7.00. The standard InChI is InChI=1S/C22H27N7O5S2/c1-36(32,33)28-6-4-26(5-7-28)14-16-13-18-20(35-16)22(27-8-10-34-11-9-27)25-21(24-18)15-2-3-17(23)19(12-15)29(30)31/h2-3,12-13H,4-11,14,23H2,1H3. The first kappa shape index (κ1) is 24.8. The van der Waals surface area contributed by atoms with Crippen LogP contribution < -0.4 is 10.6 Å². The van der Waals surface area contributed by atoms with Gasteiger partial charge < -0.3 is 15.4 Å². The zero-order valence-electron chi connectivity index (χ0n) is 19.8. The van der Waals surface area contributed by atoms with Gasteiger partial charge in [0.05, 0.1) is 34.6 Å². The van der Waals surface area contributed by atoms with Crippen LogP contribution in [0.3, 0.4) is 0 Å². The summed E-state index contributed by atoms with van der Waals surface area (Å²) in [5.74, 6) is 1.19. The average Bonchev–Trinajstić information content (AvgIpc) is 3.26. The molecule has 2 N–H and O–H groups in total. The number of aromatic nitrogens is 2. The average molecular weight is 534 g/mol. The minimum atomic E-state index is -3.18. The molecule has 14 heteroatoms. The van der Waals surface area contributed by atoms with Crippen molar-refractivity contribution < 1.29 is 18.1 Å². The number of nitrogens with two attached hydrogens (primary N) is 1. The summed E-state index contributed by atoms with van der Waals surface area (Å²) in [6.45, 7) is 5.51. The Morgan fingerprint density at radius 3 is 2.50 bits per heavy atom. The van der Waals surface area contributed by atoms with Crippen molar-refractivity contribution in [1.82, 2.24) is 19.2 Å². The fourth-order valence-electron chi connectivity index (χ4n) is 4.44. The number of piperazine rings is 1. The molecule has 2 aromatic heterocycles. The highest BCUT2D eigenvalue weighted by Gasteiger charge is 2.25. The van der Waals surface area contributed by atoms with Gasteiger partial charge in [0.1, 0.15) is 5.69 Å². The Bertz CT molecular complexity index is 1400. The summed E-state index contributed by atoms with van der Waals surface area (Å²) in [7, 11) is -3.18. The molecule has 2 fully saturated rings. The number of benzene rings is 1. The maximum Gasteiger partial charge on any atom is 0.292 e. The molecule has 4 heterocycles. The number of nitro groups is 1. The molecule has 192 valence electrons. The Kier molecular flexibility index (Phi) is 6.78. The van der Waals surface area contributed by atoms with Crippen molar-refractivity contribution in [2.24, 2.45) is 0 Å². The summed E-state index contributed by atoms with van der Waals surface area (Å²) in [6, 6.07) is 6.64. The van der Waals surface area contributed by atoms with E-state index in [0.29, 0.717) is 70.4 Å². The third-order valence-corrected chi connectivity index (χ3v) is 8.79. The summed E-state index contributed by atoms with van der Waals surface area (Å²) in [5, 5.41) is 11.4. The number of hydrogen-bond acceptors (Lipinski definition) is 11. The molecule has 2 aliphatic rings. The van der Waals surface area contributed by atoms with Crippen LogP contribution in [0.2, 0.25) is 0 Å². The van der Waals surface area contributed by atoms with Gasteiger partial charge in [0.2, 0.25) is 10.0 Å². The maximum absolute atomic E-state index is 11.8. The van der Waals surface area contributed by atoms with E-state index in [4.69, 9.17) is 20.4 Å². The van der Waals surface area contributed by atoms with Crippen LogP contribution in [-0.4, -0.2) is 91.3 Å². The Morgan fingerprint density at radius 2 is 1.83 bits per heavy atom. The van der Waals surface area contributed by atoms with Crippen LogP contribution in [0.15, 0.2) is 24.3 Å². The van der Waals surface area contributed by atoms with Crippen molar-refractivity contribution in [3.05, 3.63) is 39.3 Å². The molecule has 36 heavy (non-hydrogen) atoms. The van der Waals surface area contributed by atoms with E-state index in [0.717, 1.165) is 20.9 Å². The SMILES string of the molecule is CS(=O)(=O)N1CCN(Cc2cc3nc(-c4ccc(N)c([N+](=O)[O-])c4)nc(N4CCOCC4)c3s2)CC1. The van der Waals surface area contributed by atoms with Gasteiger partial charge in [-0.25, -0.2) is 18.4 Å². The van der Waals surface area contributed by atoms with Crippen molar-refractivity contribution in [2.45, 2.75) is 6.54 Å². The highest BCUT2D eigenvalue weighted by molar-refractivity contribution is 7.88. The van der Waals surface area contributed by atoms with Crippen molar-refractivity contribution >= 4 is 48.8 Å². The van der Waals surface area contributed by atoms with Crippen LogP contribution in [0, 0.1) is 10.1 Å². The maximum atomic E-state index is 11.8. The van der Waals surface area contributed by atoms with E-state index in [1.807, 2.05) is 6.07 Å². The van der Waals surface area contributed by atoms with Crippen LogP contribution in [0.25, 0.3) is 21.6 Å². The second kappa shape index (κ2) is 9.86. The van der Waals surface area contributed by atoms with Crippen LogP contribution >= 0.6 is 11.3 Å². The lowest BCUT2D eigenvalue weighted by molar-refractivity contribution is -0.383. The van der Waals surface area contributed by atoms with Gasteiger partial charge in [0.15, 0.2) is 11.6 Å². The number of sulfonamides is 1. The largest absolute Gasteiger partial charge is 0.393 e. The lowest BCUT2D eigenvalue weighted by atomic mass is 10.1. The van der Waals surface area contributed by atoms with Gasteiger partial charge >= 0.3 is 0 Å². The minimum Gasteiger partial charge on any atom is -0.393 e. The molecule has 0 amide bonds. The van der Waals surface area contributed by atoms with Gasteiger partial charge in [-0.3, -0.25) is 15.0 Å². The third kappa shape index (κ3) is 5.13. The zero-order chi connectivity index (χ0) is 25.4. The van der Waals surface area contributed by atoms with Crippen molar-refractivity contribution in [2.75, 3.05) is 69.4 Å². The van der Waals surface area contributed by atoms with Crippen LogP contribution in [0.1, 0.15) is 4.88 Å². The van der Waals surface area contributed by atoms with E-state index in [-0.39, 0.29) is 11.4 Å². The van der Waals surface area contributed by atoms with Gasteiger partial charge in [0, 0.05) is 62.3 Å². The monoisotopic (exact) mass is 533 g/mol. The van der Waals surface area contributed by atoms with Crippen LogP contribution in [0.5, 0.6) is 0 Å². The summed E-state index contributed by atoms with van der Waals surface area (Å²) >= 11 is 1.62. The molecule has 12 nitrogen and oxygen atoms in total. The number of fused-ring (bicyclic) bond motifs is 1. The molecule has 1 aromatic carbocycles. The molecule has 0 saturated carbocycles. The smallest absolute Gasteiger partial charge is 0.292 e. The molecule has 2 aliphatic heterocycles.